The third-order valence-electron chi connectivity index (χ3n) is 1.60. The number of ether oxygens (including phenoxy) is 2. The third kappa shape index (κ3) is 1.44. The fourth-order valence-corrected chi connectivity index (χ4v) is 0.922. The van der Waals surface area contributed by atoms with Crippen molar-refractivity contribution in [1.82, 2.24) is 0 Å². The minimum atomic E-state index is -2.70. The van der Waals surface area contributed by atoms with E-state index in [0.29, 0.717) is 0 Å². The normalized spacial score (nSPS) is 32.1. The highest BCUT2D eigenvalue weighted by molar-refractivity contribution is 4.80. The molecule has 1 fully saturated rings. The summed E-state index contributed by atoms with van der Waals surface area (Å²) in [4.78, 5) is 0. The maximum atomic E-state index is 12.7. The van der Waals surface area contributed by atoms with Crippen molar-refractivity contribution in [3.05, 3.63) is 0 Å². The van der Waals surface area contributed by atoms with Crippen LogP contribution >= 0.6 is 0 Å². The summed E-state index contributed by atoms with van der Waals surface area (Å²) in [7, 11) is 1.27. The van der Waals surface area contributed by atoms with Crippen molar-refractivity contribution in [2.45, 2.75) is 18.4 Å². The molecule has 10 heavy (non-hydrogen) atoms. The van der Waals surface area contributed by atoms with Gasteiger partial charge in [-0.3, -0.25) is 0 Å². The molecule has 1 aliphatic rings. The predicted molar refractivity (Wildman–Crippen MR) is 31.2 cm³/mol. The van der Waals surface area contributed by atoms with Crippen LogP contribution in [0.1, 0.15) is 6.42 Å². The van der Waals surface area contributed by atoms with Gasteiger partial charge in [0.1, 0.15) is 6.10 Å². The van der Waals surface area contributed by atoms with Crippen molar-refractivity contribution in [3.8, 4) is 0 Å². The second-order valence-corrected chi connectivity index (χ2v) is 2.31. The van der Waals surface area contributed by atoms with Crippen molar-refractivity contribution in [1.29, 1.82) is 0 Å². The van der Waals surface area contributed by atoms with E-state index in [9.17, 15) is 8.78 Å². The van der Waals surface area contributed by atoms with Gasteiger partial charge in [0.25, 0.3) is 5.92 Å². The van der Waals surface area contributed by atoms with Crippen LogP contribution < -0.4 is 0 Å². The summed E-state index contributed by atoms with van der Waals surface area (Å²) >= 11 is 0. The van der Waals surface area contributed by atoms with E-state index in [1.54, 1.807) is 0 Å². The summed E-state index contributed by atoms with van der Waals surface area (Å²) in [6.45, 7) is 0.135. The largest absolute Gasteiger partial charge is 0.378 e. The fourth-order valence-electron chi connectivity index (χ4n) is 0.922. The average molecular weight is 152 g/mol. The number of halogens is 2. The fraction of sp³-hybridized carbons (Fsp3) is 1.00. The minimum absolute atomic E-state index is 0.00347. The topological polar surface area (TPSA) is 18.5 Å². The molecule has 4 heteroatoms. The van der Waals surface area contributed by atoms with E-state index in [0.717, 1.165) is 0 Å². The van der Waals surface area contributed by atoms with Gasteiger partial charge in [0.05, 0.1) is 13.2 Å². The first-order valence-corrected chi connectivity index (χ1v) is 3.15. The van der Waals surface area contributed by atoms with Gasteiger partial charge in [-0.2, -0.15) is 0 Å². The van der Waals surface area contributed by atoms with Crippen LogP contribution in [0.25, 0.3) is 0 Å². The Balaban J connectivity index is 2.51. The van der Waals surface area contributed by atoms with Crippen molar-refractivity contribution < 1.29 is 18.3 Å². The molecule has 0 aliphatic carbocycles. The van der Waals surface area contributed by atoms with Crippen LogP contribution in [0.3, 0.4) is 0 Å². The Kier molecular flexibility index (Phi) is 2.21. The number of hydrogen-bond donors (Lipinski definition) is 0. The Hall–Kier alpha value is -0.220. The van der Waals surface area contributed by atoms with E-state index in [1.165, 1.54) is 7.11 Å². The molecule has 1 rings (SSSR count). The first-order chi connectivity index (χ1) is 4.67. The van der Waals surface area contributed by atoms with Crippen LogP contribution in [0.15, 0.2) is 0 Å². The minimum Gasteiger partial charge on any atom is -0.378 e. The number of hydrogen-bond acceptors (Lipinski definition) is 2. The molecule has 0 radical (unpaired) electrons. The molecule has 0 bridgehead atoms. The third-order valence-corrected chi connectivity index (χ3v) is 1.60. The second kappa shape index (κ2) is 2.80. The molecule has 1 aliphatic heterocycles. The zero-order chi connectivity index (χ0) is 7.61. The molecule has 2 nitrogen and oxygen atoms in total. The first kappa shape index (κ1) is 7.88. The lowest BCUT2D eigenvalue weighted by atomic mass is 10.1. The van der Waals surface area contributed by atoms with Crippen LogP contribution in [0.2, 0.25) is 0 Å². The highest BCUT2D eigenvalue weighted by atomic mass is 19.3. The molecule has 0 spiro atoms. The Morgan fingerprint density at radius 3 is 2.70 bits per heavy atom. The molecule has 1 heterocycles. The molecular weight excluding hydrogens is 142 g/mol. The highest BCUT2D eigenvalue weighted by Gasteiger charge is 2.42. The molecule has 60 valence electrons. The lowest BCUT2D eigenvalue weighted by Crippen LogP contribution is -2.43. The van der Waals surface area contributed by atoms with Gasteiger partial charge in [-0.25, -0.2) is 8.78 Å². The van der Waals surface area contributed by atoms with Crippen LogP contribution in [-0.4, -0.2) is 32.4 Å². The van der Waals surface area contributed by atoms with Crippen LogP contribution in [0.4, 0.5) is 8.78 Å². The van der Waals surface area contributed by atoms with Crippen molar-refractivity contribution in [2.75, 3.05) is 20.3 Å². The van der Waals surface area contributed by atoms with E-state index in [4.69, 9.17) is 4.74 Å². The molecule has 1 atom stereocenters. The van der Waals surface area contributed by atoms with Crippen LogP contribution in [-0.2, 0) is 9.47 Å². The van der Waals surface area contributed by atoms with Crippen LogP contribution in [0.5, 0.6) is 0 Å². The van der Waals surface area contributed by atoms with Gasteiger partial charge in [-0.15, -0.1) is 0 Å². The van der Waals surface area contributed by atoms with Crippen molar-refractivity contribution >= 4 is 0 Å². The summed E-state index contributed by atoms with van der Waals surface area (Å²) in [5.41, 5.74) is 0. The number of alkyl halides is 2. The standard InChI is InChI=1S/C6H10F2O2/c1-9-5-4-10-3-2-6(5,7)8/h5H,2-4H2,1H3/t5-/m1/s1. The van der Waals surface area contributed by atoms with Gasteiger partial charge in [0.15, 0.2) is 0 Å². The summed E-state index contributed by atoms with van der Waals surface area (Å²) < 4.78 is 34.7. The average Bonchev–Trinajstić information content (AvgIpc) is 1.87. The summed E-state index contributed by atoms with van der Waals surface area (Å²) in [5.74, 6) is -2.70. The number of methoxy groups -OCH3 is 1. The van der Waals surface area contributed by atoms with Gasteiger partial charge < -0.3 is 9.47 Å². The predicted octanol–water partition coefficient (Wildman–Crippen LogP) is 1.06. The number of rotatable bonds is 1. The maximum Gasteiger partial charge on any atom is 0.278 e. The summed E-state index contributed by atoms with van der Waals surface area (Å²) in [6.07, 6.45) is -1.29. The lowest BCUT2D eigenvalue weighted by molar-refractivity contribution is -0.188. The van der Waals surface area contributed by atoms with E-state index < -0.39 is 12.0 Å². The molecule has 0 N–H and O–H groups in total. The summed E-state index contributed by atoms with van der Waals surface area (Å²) in [6, 6.07) is 0. The first-order valence-electron chi connectivity index (χ1n) is 3.15. The maximum absolute atomic E-state index is 12.7. The molecule has 1 saturated heterocycles. The Bertz CT molecular complexity index is 116. The Morgan fingerprint density at radius 2 is 2.30 bits per heavy atom. The molecular formula is C6H10F2O2. The summed E-state index contributed by atoms with van der Waals surface area (Å²) in [5, 5.41) is 0. The van der Waals surface area contributed by atoms with E-state index in [2.05, 4.69) is 4.74 Å². The molecule has 0 aromatic heterocycles. The van der Waals surface area contributed by atoms with E-state index in [1.807, 2.05) is 0 Å². The van der Waals surface area contributed by atoms with Crippen LogP contribution in [0, 0.1) is 0 Å². The lowest BCUT2D eigenvalue weighted by Gasteiger charge is -2.29. The van der Waals surface area contributed by atoms with Gasteiger partial charge in [0.2, 0.25) is 0 Å². The van der Waals surface area contributed by atoms with Gasteiger partial charge in [-0.1, -0.05) is 0 Å². The van der Waals surface area contributed by atoms with Gasteiger partial charge in [0, 0.05) is 13.5 Å². The SMILES string of the molecule is CO[C@@H]1COCCC1(F)F. The van der Waals surface area contributed by atoms with Crippen molar-refractivity contribution in [3.63, 3.8) is 0 Å². The van der Waals surface area contributed by atoms with Crippen molar-refractivity contribution in [2.24, 2.45) is 0 Å². The quantitative estimate of drug-likeness (QED) is 0.559. The zero-order valence-electron chi connectivity index (χ0n) is 5.77. The molecule has 0 aromatic carbocycles. The monoisotopic (exact) mass is 152 g/mol. The molecule has 0 aromatic rings. The Morgan fingerprint density at radius 1 is 1.60 bits per heavy atom. The zero-order valence-corrected chi connectivity index (χ0v) is 5.77. The Labute approximate surface area is 58.1 Å². The molecule has 0 unspecified atom stereocenters. The molecule has 0 amide bonds. The second-order valence-electron chi connectivity index (χ2n) is 2.31. The van der Waals surface area contributed by atoms with E-state index >= 15 is 0 Å². The smallest absolute Gasteiger partial charge is 0.278 e. The van der Waals surface area contributed by atoms with E-state index in [-0.39, 0.29) is 19.6 Å². The van der Waals surface area contributed by atoms with Gasteiger partial charge >= 0.3 is 0 Å². The van der Waals surface area contributed by atoms with Gasteiger partial charge in [-0.05, 0) is 0 Å². The highest BCUT2D eigenvalue weighted by Crippen LogP contribution is 2.28. The molecule has 0 saturated carbocycles.